The first-order valence-electron chi connectivity index (χ1n) is 20.5. The van der Waals surface area contributed by atoms with Crippen LogP contribution in [0.5, 0.6) is 0 Å². The summed E-state index contributed by atoms with van der Waals surface area (Å²) in [5.41, 5.74) is 11.0. The highest BCUT2D eigenvalue weighted by Gasteiger charge is 2.24. The average molecular weight is 780 g/mol. The van der Waals surface area contributed by atoms with Crippen LogP contribution in [0.15, 0.2) is 205 Å². The Kier molecular flexibility index (Phi) is 7.21. The number of hydrogen-bond acceptors (Lipinski definition) is 4. The number of hydrogen-bond donors (Lipinski definition) is 0. The lowest BCUT2D eigenvalue weighted by Crippen LogP contribution is -2.01. The zero-order valence-electron chi connectivity index (χ0n) is 32.7. The van der Waals surface area contributed by atoms with E-state index in [2.05, 4.69) is 179 Å². The van der Waals surface area contributed by atoms with E-state index in [1.54, 1.807) is 0 Å². The van der Waals surface area contributed by atoms with E-state index in [1.807, 2.05) is 30.3 Å². The Morgan fingerprint density at radius 1 is 0.361 bits per heavy atom. The molecule has 0 radical (unpaired) electrons. The van der Waals surface area contributed by atoms with Crippen molar-refractivity contribution in [2.45, 2.75) is 0 Å². The van der Waals surface area contributed by atoms with Crippen LogP contribution in [-0.4, -0.2) is 24.1 Å². The van der Waals surface area contributed by atoms with Crippen molar-refractivity contribution in [2.75, 3.05) is 0 Å². The SMILES string of the molecule is c1ccc(-n2c3ccccc3c3cccc(-n4c5ccccc5c5c(-c6nc(-c7ccc8ccccc8c7)nc(-c7cccc8oc9ccccc9c78)n6)cccc54)c32)cc1. The summed E-state index contributed by atoms with van der Waals surface area (Å²) in [4.78, 5) is 16.0. The lowest BCUT2D eigenvalue weighted by atomic mass is 10.0. The number of nitrogens with zero attached hydrogens (tertiary/aromatic N) is 5. The summed E-state index contributed by atoms with van der Waals surface area (Å²) in [6.45, 7) is 0. The molecule has 0 saturated heterocycles. The summed E-state index contributed by atoms with van der Waals surface area (Å²) in [7, 11) is 0. The van der Waals surface area contributed by atoms with Gasteiger partial charge in [0, 0.05) is 54.7 Å². The van der Waals surface area contributed by atoms with Gasteiger partial charge in [-0.25, -0.2) is 15.0 Å². The molecule has 0 saturated carbocycles. The van der Waals surface area contributed by atoms with Gasteiger partial charge in [-0.05, 0) is 65.4 Å². The van der Waals surface area contributed by atoms with Gasteiger partial charge < -0.3 is 13.6 Å². The molecule has 6 nitrogen and oxygen atoms in total. The quantitative estimate of drug-likeness (QED) is 0.175. The summed E-state index contributed by atoms with van der Waals surface area (Å²) in [6.07, 6.45) is 0. The van der Waals surface area contributed by atoms with E-state index in [4.69, 9.17) is 19.4 Å². The molecule has 13 aromatic rings. The van der Waals surface area contributed by atoms with Crippen LogP contribution in [0, 0.1) is 0 Å². The van der Waals surface area contributed by atoms with Crippen LogP contribution in [0.3, 0.4) is 0 Å². The highest BCUT2D eigenvalue weighted by atomic mass is 16.3. The van der Waals surface area contributed by atoms with Gasteiger partial charge in [-0.2, -0.15) is 0 Å². The molecule has 0 spiro atoms. The van der Waals surface area contributed by atoms with E-state index in [-0.39, 0.29) is 0 Å². The number of rotatable bonds is 5. The fourth-order valence-corrected chi connectivity index (χ4v) is 9.53. The number of aromatic nitrogens is 5. The standard InChI is InChI=1S/C55H33N5O/c1-2-17-37(18-3-1)59-44-25-9-6-19-38(44)39-22-12-28-47(52(39)59)60-45-26-10-7-20-40(45)50-42(23-13-27-46(50)60)54-56-53(36-32-31-34-15-4-5-16-35(34)33-36)57-55(58-54)43-24-14-30-49-51(43)41-21-8-11-29-48(41)61-49/h1-33H. The van der Waals surface area contributed by atoms with E-state index in [0.717, 1.165) is 93.6 Å². The molecular weight excluding hydrogens is 747 g/mol. The zero-order chi connectivity index (χ0) is 40.0. The summed E-state index contributed by atoms with van der Waals surface area (Å²) < 4.78 is 11.2. The number of para-hydroxylation sites is 5. The van der Waals surface area contributed by atoms with Crippen molar-refractivity contribution < 1.29 is 4.42 Å². The Bertz CT molecular complexity index is 3890. The maximum atomic E-state index is 6.35. The molecule has 0 aliphatic rings. The third kappa shape index (κ3) is 5.06. The monoisotopic (exact) mass is 779 g/mol. The molecule has 284 valence electrons. The minimum atomic E-state index is 0.586. The normalized spacial score (nSPS) is 11.9. The third-order valence-electron chi connectivity index (χ3n) is 12.2. The number of benzene rings is 9. The molecule has 0 amide bonds. The molecular formula is C55H33N5O. The molecule has 4 heterocycles. The Morgan fingerprint density at radius 2 is 0.951 bits per heavy atom. The van der Waals surface area contributed by atoms with E-state index < -0.39 is 0 Å². The van der Waals surface area contributed by atoms with Crippen molar-refractivity contribution in [1.82, 2.24) is 24.1 Å². The topological polar surface area (TPSA) is 61.7 Å². The smallest absolute Gasteiger partial charge is 0.164 e. The molecule has 9 aromatic carbocycles. The second-order valence-electron chi connectivity index (χ2n) is 15.6. The molecule has 0 aliphatic heterocycles. The molecule has 4 aromatic heterocycles. The maximum absolute atomic E-state index is 6.35. The molecule has 0 bridgehead atoms. The molecule has 13 rings (SSSR count). The first-order valence-corrected chi connectivity index (χ1v) is 20.5. The molecule has 0 aliphatic carbocycles. The second kappa shape index (κ2) is 13.1. The van der Waals surface area contributed by atoms with Gasteiger partial charge in [-0.3, -0.25) is 0 Å². The highest BCUT2D eigenvalue weighted by molar-refractivity contribution is 6.18. The second-order valence-corrected chi connectivity index (χ2v) is 15.6. The Balaban J connectivity index is 1.11. The van der Waals surface area contributed by atoms with Crippen molar-refractivity contribution in [3.05, 3.63) is 200 Å². The van der Waals surface area contributed by atoms with Gasteiger partial charge in [0.2, 0.25) is 0 Å². The van der Waals surface area contributed by atoms with Gasteiger partial charge in [0.25, 0.3) is 0 Å². The van der Waals surface area contributed by atoms with Gasteiger partial charge in [0.05, 0.1) is 27.8 Å². The number of fused-ring (bicyclic) bond motifs is 10. The number of furan rings is 1. The molecule has 0 atom stereocenters. The van der Waals surface area contributed by atoms with E-state index in [1.165, 1.54) is 10.8 Å². The molecule has 6 heteroatoms. The first-order chi connectivity index (χ1) is 30.3. The van der Waals surface area contributed by atoms with Gasteiger partial charge in [-0.15, -0.1) is 0 Å². The van der Waals surface area contributed by atoms with Gasteiger partial charge in [-0.1, -0.05) is 146 Å². The largest absolute Gasteiger partial charge is 0.456 e. The van der Waals surface area contributed by atoms with Crippen LogP contribution < -0.4 is 0 Å². The van der Waals surface area contributed by atoms with Crippen molar-refractivity contribution in [1.29, 1.82) is 0 Å². The fraction of sp³-hybridized carbons (Fsp3) is 0. The lowest BCUT2D eigenvalue weighted by molar-refractivity contribution is 0.669. The Morgan fingerprint density at radius 3 is 1.79 bits per heavy atom. The van der Waals surface area contributed by atoms with Crippen molar-refractivity contribution >= 4 is 76.3 Å². The Labute approximate surface area is 349 Å². The van der Waals surface area contributed by atoms with Gasteiger partial charge >= 0.3 is 0 Å². The summed E-state index contributed by atoms with van der Waals surface area (Å²) in [6, 6.07) is 70.3. The van der Waals surface area contributed by atoms with Crippen molar-refractivity contribution in [3.8, 4) is 45.5 Å². The molecule has 61 heavy (non-hydrogen) atoms. The van der Waals surface area contributed by atoms with Crippen LogP contribution >= 0.6 is 0 Å². The van der Waals surface area contributed by atoms with E-state index >= 15 is 0 Å². The van der Waals surface area contributed by atoms with E-state index in [0.29, 0.717) is 17.5 Å². The van der Waals surface area contributed by atoms with Crippen molar-refractivity contribution in [2.24, 2.45) is 0 Å². The van der Waals surface area contributed by atoms with Crippen LogP contribution in [0.2, 0.25) is 0 Å². The van der Waals surface area contributed by atoms with Crippen LogP contribution in [0.1, 0.15) is 0 Å². The highest BCUT2D eigenvalue weighted by Crippen LogP contribution is 2.43. The first kappa shape index (κ1) is 33.6. The molecule has 0 fully saturated rings. The maximum Gasteiger partial charge on any atom is 0.164 e. The predicted molar refractivity (Wildman–Crippen MR) is 250 cm³/mol. The summed E-state index contributed by atoms with van der Waals surface area (Å²) in [5.74, 6) is 1.79. The fourth-order valence-electron chi connectivity index (χ4n) is 9.53. The minimum Gasteiger partial charge on any atom is -0.456 e. The van der Waals surface area contributed by atoms with Gasteiger partial charge in [0.15, 0.2) is 17.5 Å². The zero-order valence-corrected chi connectivity index (χ0v) is 32.7. The van der Waals surface area contributed by atoms with E-state index in [9.17, 15) is 0 Å². The van der Waals surface area contributed by atoms with Crippen LogP contribution in [0.4, 0.5) is 0 Å². The van der Waals surface area contributed by atoms with Crippen molar-refractivity contribution in [3.63, 3.8) is 0 Å². The molecule has 0 unspecified atom stereocenters. The summed E-state index contributed by atoms with van der Waals surface area (Å²) >= 11 is 0. The minimum absolute atomic E-state index is 0.586. The predicted octanol–water partition coefficient (Wildman–Crippen LogP) is 14.1. The molecule has 0 N–H and O–H groups in total. The lowest BCUT2D eigenvalue weighted by Gasteiger charge is -2.14. The van der Waals surface area contributed by atoms with Crippen LogP contribution in [-0.2, 0) is 0 Å². The third-order valence-corrected chi connectivity index (χ3v) is 12.2. The Hall–Kier alpha value is -8.35. The average Bonchev–Trinajstić information content (AvgIpc) is 4.00. The van der Waals surface area contributed by atoms with Gasteiger partial charge in [0.1, 0.15) is 11.2 Å². The summed E-state index contributed by atoms with van der Waals surface area (Å²) in [5, 5.41) is 8.89. The van der Waals surface area contributed by atoms with Crippen LogP contribution in [0.25, 0.3) is 122 Å².